The maximum Gasteiger partial charge on any atom is 0.266 e. The number of nitriles is 1. The number of carbonyl (C=O) groups is 1. The second kappa shape index (κ2) is 8.15. The molecular weight excluding hydrogens is 365 g/mol. The summed E-state index contributed by atoms with van der Waals surface area (Å²) in [5, 5.41) is 12.1. The van der Waals surface area contributed by atoms with E-state index < -0.39 is 11.7 Å². The van der Waals surface area contributed by atoms with Gasteiger partial charge < -0.3 is 9.88 Å². The van der Waals surface area contributed by atoms with E-state index in [0.29, 0.717) is 5.69 Å². The van der Waals surface area contributed by atoms with Crippen LogP contribution in [0.3, 0.4) is 0 Å². The van der Waals surface area contributed by atoms with Crippen LogP contribution in [0.1, 0.15) is 28.1 Å². The highest BCUT2D eigenvalue weighted by molar-refractivity contribution is 6.09. The summed E-state index contributed by atoms with van der Waals surface area (Å²) in [6.07, 6.45) is 1.58. The molecule has 0 atom stereocenters. The first-order chi connectivity index (χ1) is 13.8. The van der Waals surface area contributed by atoms with Crippen LogP contribution in [-0.4, -0.2) is 10.5 Å². The molecule has 1 N–H and O–H groups in total. The van der Waals surface area contributed by atoms with Crippen molar-refractivity contribution in [1.82, 2.24) is 4.57 Å². The molecule has 146 valence electrons. The molecule has 0 unspecified atom stereocenters. The van der Waals surface area contributed by atoms with Gasteiger partial charge in [0.25, 0.3) is 5.91 Å². The Labute approximate surface area is 169 Å². The molecule has 1 aromatic heterocycles. The first-order valence-corrected chi connectivity index (χ1v) is 9.25. The second-order valence-electron chi connectivity index (χ2n) is 7.14. The molecule has 5 heteroatoms. The van der Waals surface area contributed by atoms with Gasteiger partial charge in [-0.25, -0.2) is 4.39 Å². The molecule has 0 bridgehead atoms. The maximum atomic E-state index is 13.0. The molecule has 0 aliphatic heterocycles. The van der Waals surface area contributed by atoms with Gasteiger partial charge in [0.15, 0.2) is 0 Å². The van der Waals surface area contributed by atoms with Gasteiger partial charge in [-0.05, 0) is 92.9 Å². The van der Waals surface area contributed by atoms with Crippen LogP contribution in [0, 0.1) is 44.8 Å². The number of amides is 1. The number of aromatic nitrogens is 1. The molecule has 29 heavy (non-hydrogen) atoms. The largest absolute Gasteiger partial charge is 0.321 e. The number of hydrogen-bond donors (Lipinski definition) is 1. The number of carbonyl (C=O) groups excluding carboxylic acids is 1. The van der Waals surface area contributed by atoms with Crippen LogP contribution in [0.4, 0.5) is 10.1 Å². The van der Waals surface area contributed by atoms with Gasteiger partial charge >= 0.3 is 0 Å². The summed E-state index contributed by atoms with van der Waals surface area (Å²) in [6, 6.07) is 15.7. The van der Waals surface area contributed by atoms with Crippen LogP contribution in [-0.2, 0) is 4.79 Å². The molecule has 0 aliphatic rings. The third kappa shape index (κ3) is 4.44. The summed E-state index contributed by atoms with van der Waals surface area (Å²) in [6.45, 7) is 8.06. The summed E-state index contributed by atoms with van der Waals surface area (Å²) < 4.78 is 15.1. The van der Waals surface area contributed by atoms with Gasteiger partial charge in [-0.15, -0.1) is 0 Å². The van der Waals surface area contributed by atoms with E-state index in [-0.39, 0.29) is 5.57 Å². The highest BCUT2D eigenvalue weighted by Gasteiger charge is 2.14. The summed E-state index contributed by atoms with van der Waals surface area (Å²) in [7, 11) is 0. The first-order valence-electron chi connectivity index (χ1n) is 9.25. The van der Waals surface area contributed by atoms with Crippen molar-refractivity contribution in [3.05, 3.63) is 88.0 Å². The topological polar surface area (TPSA) is 57.8 Å². The van der Waals surface area contributed by atoms with Gasteiger partial charge in [0.05, 0.1) is 0 Å². The summed E-state index contributed by atoms with van der Waals surface area (Å²) in [5.74, 6) is -0.923. The van der Waals surface area contributed by atoms with Crippen molar-refractivity contribution in [2.75, 3.05) is 5.32 Å². The molecule has 1 amide bonds. The van der Waals surface area contributed by atoms with E-state index >= 15 is 0 Å². The van der Waals surface area contributed by atoms with Crippen molar-refractivity contribution in [1.29, 1.82) is 5.26 Å². The van der Waals surface area contributed by atoms with E-state index in [0.717, 1.165) is 22.6 Å². The normalized spacial score (nSPS) is 11.2. The van der Waals surface area contributed by atoms with Crippen LogP contribution < -0.4 is 5.32 Å². The highest BCUT2D eigenvalue weighted by Crippen LogP contribution is 2.24. The average molecular weight is 387 g/mol. The minimum Gasteiger partial charge on any atom is -0.321 e. The maximum absolute atomic E-state index is 13.0. The number of benzene rings is 2. The smallest absolute Gasteiger partial charge is 0.266 e. The van der Waals surface area contributed by atoms with Gasteiger partial charge in [-0.1, -0.05) is 6.07 Å². The molecular formula is C24H22FN3O. The lowest BCUT2D eigenvalue weighted by molar-refractivity contribution is -0.112. The average Bonchev–Trinajstić information content (AvgIpc) is 2.94. The summed E-state index contributed by atoms with van der Waals surface area (Å²) >= 11 is 0. The van der Waals surface area contributed by atoms with E-state index in [4.69, 9.17) is 0 Å². The molecule has 0 spiro atoms. The standard InChI is InChI=1S/C24H22FN3O/c1-15-9-16(2)11-23(10-15)28-17(3)12-19(18(28)4)13-20(14-26)24(29)27-22-7-5-21(25)6-8-22/h5-13H,1-4H3,(H,27,29). The number of aryl methyl sites for hydroxylation is 3. The van der Waals surface area contributed by atoms with E-state index in [1.54, 1.807) is 6.08 Å². The predicted octanol–water partition coefficient (Wildman–Crippen LogP) is 5.40. The Kier molecular flexibility index (Phi) is 5.65. The zero-order valence-electron chi connectivity index (χ0n) is 16.9. The molecule has 3 rings (SSSR count). The minimum atomic E-state index is -0.532. The Balaban J connectivity index is 1.95. The quantitative estimate of drug-likeness (QED) is 0.482. The van der Waals surface area contributed by atoms with E-state index in [2.05, 4.69) is 41.9 Å². The van der Waals surface area contributed by atoms with Crippen LogP contribution >= 0.6 is 0 Å². The Morgan fingerprint density at radius 2 is 1.66 bits per heavy atom. The van der Waals surface area contributed by atoms with Crippen LogP contribution in [0.25, 0.3) is 11.8 Å². The number of anilines is 1. The molecule has 0 saturated carbocycles. The Hall–Kier alpha value is -3.65. The van der Waals surface area contributed by atoms with Crippen LogP contribution in [0.15, 0.2) is 54.1 Å². The van der Waals surface area contributed by atoms with Gasteiger partial charge in [0.1, 0.15) is 17.5 Å². The molecule has 3 aromatic rings. The molecule has 1 heterocycles. The SMILES string of the molecule is Cc1cc(C)cc(-n2c(C)cc(C=C(C#N)C(=O)Nc3ccc(F)cc3)c2C)c1. The van der Waals surface area contributed by atoms with Crippen LogP contribution in [0.2, 0.25) is 0 Å². The van der Waals surface area contributed by atoms with Gasteiger partial charge in [0.2, 0.25) is 0 Å². The zero-order chi connectivity index (χ0) is 21.1. The lowest BCUT2D eigenvalue weighted by Gasteiger charge is -2.12. The lowest BCUT2D eigenvalue weighted by atomic mass is 10.1. The third-order valence-electron chi connectivity index (χ3n) is 4.70. The molecule has 0 radical (unpaired) electrons. The fourth-order valence-corrected chi connectivity index (χ4v) is 3.45. The number of nitrogens with one attached hydrogen (secondary N) is 1. The fraction of sp³-hybridized carbons (Fsp3) is 0.167. The highest BCUT2D eigenvalue weighted by atomic mass is 19.1. The molecule has 2 aromatic carbocycles. The Bertz CT molecular complexity index is 1130. The Morgan fingerprint density at radius 1 is 1.03 bits per heavy atom. The Morgan fingerprint density at radius 3 is 2.24 bits per heavy atom. The number of hydrogen-bond acceptors (Lipinski definition) is 2. The predicted molar refractivity (Wildman–Crippen MR) is 113 cm³/mol. The number of nitrogens with zero attached hydrogens (tertiary/aromatic N) is 2. The molecule has 0 saturated heterocycles. The van der Waals surface area contributed by atoms with Gasteiger partial charge in [-0.2, -0.15) is 5.26 Å². The van der Waals surface area contributed by atoms with Crippen molar-refractivity contribution < 1.29 is 9.18 Å². The van der Waals surface area contributed by atoms with E-state index in [9.17, 15) is 14.4 Å². The second-order valence-corrected chi connectivity index (χ2v) is 7.14. The van der Waals surface area contributed by atoms with Crippen molar-refractivity contribution in [2.45, 2.75) is 27.7 Å². The van der Waals surface area contributed by atoms with Crippen molar-refractivity contribution in [2.24, 2.45) is 0 Å². The number of halogens is 1. The van der Waals surface area contributed by atoms with E-state index in [1.807, 2.05) is 26.0 Å². The van der Waals surface area contributed by atoms with Gasteiger partial charge in [0, 0.05) is 22.8 Å². The van der Waals surface area contributed by atoms with Crippen LogP contribution in [0.5, 0.6) is 0 Å². The first kappa shape index (κ1) is 20.1. The third-order valence-corrected chi connectivity index (χ3v) is 4.70. The molecule has 4 nitrogen and oxygen atoms in total. The summed E-state index contributed by atoms with van der Waals surface area (Å²) in [5.41, 5.74) is 6.54. The fourth-order valence-electron chi connectivity index (χ4n) is 3.45. The zero-order valence-corrected chi connectivity index (χ0v) is 16.9. The molecule has 0 fully saturated rings. The van der Waals surface area contributed by atoms with Crippen molar-refractivity contribution >= 4 is 17.7 Å². The van der Waals surface area contributed by atoms with E-state index in [1.165, 1.54) is 35.4 Å². The van der Waals surface area contributed by atoms with Crippen molar-refractivity contribution in [3.8, 4) is 11.8 Å². The van der Waals surface area contributed by atoms with Crippen molar-refractivity contribution in [3.63, 3.8) is 0 Å². The van der Waals surface area contributed by atoms with Gasteiger partial charge in [-0.3, -0.25) is 4.79 Å². The minimum absolute atomic E-state index is 0.0185. The lowest BCUT2D eigenvalue weighted by Crippen LogP contribution is -2.13. The summed E-state index contributed by atoms with van der Waals surface area (Å²) in [4.78, 5) is 12.5. The molecule has 0 aliphatic carbocycles. The number of rotatable bonds is 4. The monoisotopic (exact) mass is 387 g/mol.